The van der Waals surface area contributed by atoms with Gasteiger partial charge in [-0.3, -0.25) is 0 Å². The summed E-state index contributed by atoms with van der Waals surface area (Å²) in [5, 5.41) is 1.38. The van der Waals surface area contributed by atoms with E-state index in [0.29, 0.717) is 17.6 Å². The summed E-state index contributed by atoms with van der Waals surface area (Å²) in [6.45, 7) is 2.34. The van der Waals surface area contributed by atoms with E-state index in [1.807, 2.05) is 43.3 Å². The molecule has 5 heteroatoms. The molecule has 0 aliphatic heterocycles. The topological polar surface area (TPSA) is 72.2 Å². The Bertz CT molecular complexity index is 954. The maximum atomic E-state index is 12.7. The third-order valence-corrected chi connectivity index (χ3v) is 5.64. The Morgan fingerprint density at radius 3 is 2.33 bits per heavy atom. The van der Waals surface area contributed by atoms with Gasteiger partial charge in [-0.1, -0.05) is 61.5 Å². The lowest BCUT2D eigenvalue weighted by Gasteiger charge is -2.15. The summed E-state index contributed by atoms with van der Waals surface area (Å²) in [4.78, 5) is 0.257. The zero-order chi connectivity index (χ0) is 17.2. The van der Waals surface area contributed by atoms with E-state index in [1.54, 1.807) is 30.3 Å². The lowest BCUT2D eigenvalue weighted by Crippen LogP contribution is -2.27. The largest absolute Gasteiger partial charge is 0.398 e. The maximum absolute atomic E-state index is 12.7. The summed E-state index contributed by atoms with van der Waals surface area (Å²) < 4.78 is 28.2. The Balaban J connectivity index is 1.88. The molecule has 1 atom stereocenters. The zero-order valence-corrected chi connectivity index (χ0v) is 14.3. The first-order chi connectivity index (χ1) is 11.5. The Morgan fingerprint density at radius 2 is 1.58 bits per heavy atom. The normalized spacial score (nSPS) is 13.0. The third kappa shape index (κ3) is 3.27. The van der Waals surface area contributed by atoms with Crippen LogP contribution in [-0.2, 0) is 10.0 Å². The number of sulfonamides is 1. The summed E-state index contributed by atoms with van der Waals surface area (Å²) in [5.74, 6) is 0.0843. The second-order valence-electron chi connectivity index (χ2n) is 5.86. The Morgan fingerprint density at radius 1 is 0.917 bits per heavy atom. The van der Waals surface area contributed by atoms with Crippen LogP contribution in [0.1, 0.15) is 18.4 Å². The molecule has 3 aromatic rings. The Hall–Kier alpha value is -2.37. The van der Waals surface area contributed by atoms with Crippen LogP contribution in [0.25, 0.3) is 10.8 Å². The van der Waals surface area contributed by atoms with Crippen LogP contribution >= 0.6 is 0 Å². The maximum Gasteiger partial charge on any atom is 0.241 e. The van der Waals surface area contributed by atoms with Crippen molar-refractivity contribution in [1.82, 2.24) is 4.72 Å². The molecular formula is C19H20N2O2S. The highest BCUT2D eigenvalue weighted by molar-refractivity contribution is 7.89. The van der Waals surface area contributed by atoms with Gasteiger partial charge in [-0.25, -0.2) is 13.1 Å². The van der Waals surface area contributed by atoms with Crippen LogP contribution in [0.3, 0.4) is 0 Å². The summed E-state index contributed by atoms with van der Waals surface area (Å²) in [6.07, 6.45) is 0. The van der Waals surface area contributed by atoms with E-state index in [4.69, 9.17) is 5.73 Å². The molecule has 0 saturated heterocycles. The molecule has 0 fully saturated rings. The van der Waals surface area contributed by atoms with Crippen molar-refractivity contribution in [2.24, 2.45) is 0 Å². The van der Waals surface area contributed by atoms with Crippen LogP contribution in [0.5, 0.6) is 0 Å². The van der Waals surface area contributed by atoms with Crippen molar-refractivity contribution >= 4 is 26.5 Å². The Labute approximate surface area is 142 Å². The predicted octanol–water partition coefficient (Wildman–Crippen LogP) is 3.50. The number of rotatable bonds is 5. The highest BCUT2D eigenvalue weighted by atomic mass is 32.2. The number of hydrogen-bond donors (Lipinski definition) is 2. The van der Waals surface area contributed by atoms with Gasteiger partial charge in [-0.05, 0) is 23.6 Å². The molecule has 0 radical (unpaired) electrons. The minimum Gasteiger partial charge on any atom is -0.398 e. The van der Waals surface area contributed by atoms with Gasteiger partial charge in [0.1, 0.15) is 0 Å². The van der Waals surface area contributed by atoms with Gasteiger partial charge in [0.15, 0.2) is 0 Å². The number of fused-ring (bicyclic) bond motifs is 1. The van der Waals surface area contributed by atoms with E-state index in [0.717, 1.165) is 10.9 Å². The van der Waals surface area contributed by atoms with Crippen molar-refractivity contribution in [2.45, 2.75) is 17.7 Å². The molecule has 3 N–H and O–H groups in total. The van der Waals surface area contributed by atoms with Gasteiger partial charge in [0.05, 0.1) is 4.90 Å². The van der Waals surface area contributed by atoms with Crippen molar-refractivity contribution in [2.75, 3.05) is 12.3 Å². The lowest BCUT2D eigenvalue weighted by atomic mass is 10.0. The molecule has 0 aliphatic rings. The van der Waals surface area contributed by atoms with Gasteiger partial charge in [0.25, 0.3) is 0 Å². The van der Waals surface area contributed by atoms with Crippen molar-refractivity contribution in [3.63, 3.8) is 0 Å². The highest BCUT2D eigenvalue weighted by Crippen LogP contribution is 2.27. The van der Waals surface area contributed by atoms with E-state index in [9.17, 15) is 8.42 Å². The molecule has 3 rings (SSSR count). The summed E-state index contributed by atoms with van der Waals surface area (Å²) >= 11 is 0. The quantitative estimate of drug-likeness (QED) is 0.698. The average Bonchev–Trinajstić information content (AvgIpc) is 2.60. The van der Waals surface area contributed by atoms with Crippen molar-refractivity contribution in [3.05, 3.63) is 72.3 Å². The second-order valence-corrected chi connectivity index (χ2v) is 7.60. The molecule has 0 aliphatic carbocycles. The fourth-order valence-corrected chi connectivity index (χ4v) is 4.10. The molecule has 0 aromatic heterocycles. The molecule has 3 aromatic carbocycles. The van der Waals surface area contributed by atoms with Crippen LogP contribution in [0, 0.1) is 0 Å². The van der Waals surface area contributed by atoms with Gasteiger partial charge in [-0.15, -0.1) is 0 Å². The van der Waals surface area contributed by atoms with Crippen LogP contribution in [0.2, 0.25) is 0 Å². The molecular weight excluding hydrogens is 320 g/mol. The molecule has 4 nitrogen and oxygen atoms in total. The first-order valence-electron chi connectivity index (χ1n) is 7.81. The number of anilines is 1. The standard InChI is InChI=1S/C19H20N2O2S/c1-14(15-7-3-2-4-8-15)13-21-24(22,23)19-12-6-9-16-17(19)10-5-11-18(16)20/h2-12,14,21H,13,20H2,1H3. The summed E-state index contributed by atoms with van der Waals surface area (Å²) in [5.41, 5.74) is 7.62. The van der Waals surface area contributed by atoms with Crippen LogP contribution < -0.4 is 10.5 Å². The number of hydrogen-bond acceptors (Lipinski definition) is 3. The van der Waals surface area contributed by atoms with Gasteiger partial charge in [0.2, 0.25) is 10.0 Å². The van der Waals surface area contributed by atoms with Crippen LogP contribution in [0.4, 0.5) is 5.69 Å². The van der Waals surface area contributed by atoms with E-state index < -0.39 is 10.0 Å². The summed E-state index contributed by atoms with van der Waals surface area (Å²) in [6, 6.07) is 20.3. The highest BCUT2D eigenvalue weighted by Gasteiger charge is 2.18. The third-order valence-electron chi connectivity index (χ3n) is 4.15. The average molecular weight is 340 g/mol. The molecule has 0 amide bonds. The molecule has 0 heterocycles. The van der Waals surface area contributed by atoms with Gasteiger partial charge < -0.3 is 5.73 Å². The molecule has 24 heavy (non-hydrogen) atoms. The molecule has 0 saturated carbocycles. The minimum atomic E-state index is -3.61. The number of nitrogen functional groups attached to an aromatic ring is 1. The fourth-order valence-electron chi connectivity index (χ4n) is 2.75. The van der Waals surface area contributed by atoms with Crippen molar-refractivity contribution < 1.29 is 8.42 Å². The molecule has 0 bridgehead atoms. The predicted molar refractivity (Wildman–Crippen MR) is 98.4 cm³/mol. The van der Waals surface area contributed by atoms with E-state index in [1.165, 1.54) is 0 Å². The first kappa shape index (κ1) is 16.5. The summed E-state index contributed by atoms with van der Waals surface area (Å²) in [7, 11) is -3.61. The fraction of sp³-hybridized carbons (Fsp3) is 0.158. The van der Waals surface area contributed by atoms with Crippen LogP contribution in [-0.4, -0.2) is 15.0 Å². The minimum absolute atomic E-state index is 0.0843. The van der Waals surface area contributed by atoms with Gasteiger partial charge >= 0.3 is 0 Å². The van der Waals surface area contributed by atoms with E-state index in [-0.39, 0.29) is 10.8 Å². The zero-order valence-electron chi connectivity index (χ0n) is 13.4. The van der Waals surface area contributed by atoms with Gasteiger partial charge in [0, 0.05) is 23.0 Å². The first-order valence-corrected chi connectivity index (χ1v) is 9.29. The monoisotopic (exact) mass is 340 g/mol. The number of nitrogens with two attached hydrogens (primary N) is 1. The molecule has 1 unspecified atom stereocenters. The van der Waals surface area contributed by atoms with Crippen LogP contribution in [0.15, 0.2) is 71.6 Å². The number of nitrogens with one attached hydrogen (secondary N) is 1. The van der Waals surface area contributed by atoms with Crippen molar-refractivity contribution in [3.8, 4) is 0 Å². The second kappa shape index (κ2) is 6.63. The Kier molecular flexibility index (Phi) is 4.55. The van der Waals surface area contributed by atoms with E-state index in [2.05, 4.69) is 4.72 Å². The smallest absolute Gasteiger partial charge is 0.241 e. The SMILES string of the molecule is CC(CNS(=O)(=O)c1cccc2c(N)cccc12)c1ccccc1. The lowest BCUT2D eigenvalue weighted by molar-refractivity contribution is 0.576. The van der Waals surface area contributed by atoms with Crippen molar-refractivity contribution in [1.29, 1.82) is 0 Å². The number of benzene rings is 3. The molecule has 124 valence electrons. The van der Waals surface area contributed by atoms with E-state index >= 15 is 0 Å². The van der Waals surface area contributed by atoms with Gasteiger partial charge in [-0.2, -0.15) is 0 Å². The molecule has 0 spiro atoms.